The van der Waals surface area contributed by atoms with Crippen molar-refractivity contribution in [2.75, 3.05) is 31.6 Å². The van der Waals surface area contributed by atoms with Gasteiger partial charge in [-0.15, -0.1) is 24.0 Å². The second-order valence-corrected chi connectivity index (χ2v) is 7.47. The van der Waals surface area contributed by atoms with E-state index in [-0.39, 0.29) is 36.0 Å². The second kappa shape index (κ2) is 11.2. The van der Waals surface area contributed by atoms with E-state index in [0.717, 1.165) is 42.1 Å². The van der Waals surface area contributed by atoms with Gasteiger partial charge in [-0.05, 0) is 42.7 Å². The molecular formula is C23H29IN4O3. The fourth-order valence-corrected chi connectivity index (χ4v) is 3.65. The van der Waals surface area contributed by atoms with E-state index in [1.807, 2.05) is 53.4 Å². The lowest BCUT2D eigenvalue weighted by atomic mass is 10.1. The molecule has 31 heavy (non-hydrogen) atoms. The molecule has 4 rings (SSSR count). The molecule has 1 atom stereocenters. The topological polar surface area (TPSA) is 75.2 Å². The molecule has 7 nitrogen and oxygen atoms in total. The van der Waals surface area contributed by atoms with Gasteiger partial charge in [0.2, 0.25) is 5.91 Å². The predicted molar refractivity (Wildman–Crippen MR) is 133 cm³/mol. The van der Waals surface area contributed by atoms with E-state index in [2.05, 4.69) is 15.6 Å². The highest BCUT2D eigenvalue weighted by atomic mass is 127. The van der Waals surface area contributed by atoms with Crippen molar-refractivity contribution in [2.45, 2.75) is 31.9 Å². The molecule has 0 bridgehead atoms. The number of amides is 1. The average Bonchev–Trinajstić information content (AvgIpc) is 2.80. The number of nitrogens with zero attached hydrogens (tertiary/aromatic N) is 2. The third kappa shape index (κ3) is 6.03. The molecule has 0 radical (unpaired) electrons. The number of fused-ring (bicyclic) bond motifs is 1. The Labute approximate surface area is 200 Å². The van der Waals surface area contributed by atoms with E-state index in [1.165, 1.54) is 0 Å². The van der Waals surface area contributed by atoms with Crippen molar-refractivity contribution in [3.8, 4) is 11.5 Å². The van der Waals surface area contributed by atoms with Crippen LogP contribution < -0.4 is 25.0 Å². The number of halogens is 1. The minimum absolute atomic E-state index is 0. The molecule has 2 aliphatic rings. The average molecular weight is 536 g/mol. The van der Waals surface area contributed by atoms with E-state index in [1.54, 1.807) is 7.05 Å². The zero-order valence-corrected chi connectivity index (χ0v) is 20.0. The molecule has 2 N–H and O–H groups in total. The molecule has 1 unspecified atom stereocenters. The van der Waals surface area contributed by atoms with Crippen molar-refractivity contribution in [1.29, 1.82) is 0 Å². The van der Waals surface area contributed by atoms with Crippen LogP contribution >= 0.6 is 24.0 Å². The number of carbonyl (C=O) groups is 1. The van der Waals surface area contributed by atoms with Crippen molar-refractivity contribution in [3.05, 3.63) is 54.1 Å². The number of benzene rings is 2. The molecule has 2 heterocycles. The maximum absolute atomic E-state index is 12.1. The summed E-state index contributed by atoms with van der Waals surface area (Å²) < 4.78 is 11.7. The van der Waals surface area contributed by atoms with Crippen LogP contribution in [0.5, 0.6) is 11.5 Å². The fraction of sp³-hybridized carbons (Fsp3) is 0.391. The molecule has 2 aromatic carbocycles. The Morgan fingerprint density at radius 3 is 2.61 bits per heavy atom. The number of anilines is 1. The Hall–Kier alpha value is -2.49. The van der Waals surface area contributed by atoms with Gasteiger partial charge in [-0.3, -0.25) is 9.79 Å². The molecule has 8 heteroatoms. The van der Waals surface area contributed by atoms with Crippen LogP contribution in [0.25, 0.3) is 0 Å². The van der Waals surface area contributed by atoms with Crippen molar-refractivity contribution in [2.24, 2.45) is 4.99 Å². The van der Waals surface area contributed by atoms with Crippen LogP contribution in [0.2, 0.25) is 0 Å². The van der Waals surface area contributed by atoms with Crippen LogP contribution in [0, 0.1) is 0 Å². The predicted octanol–water partition coefficient (Wildman–Crippen LogP) is 3.33. The van der Waals surface area contributed by atoms with Crippen LogP contribution in [0.3, 0.4) is 0 Å². The summed E-state index contributed by atoms with van der Waals surface area (Å²) in [6.07, 6.45) is 2.62. The first-order valence-electron chi connectivity index (χ1n) is 10.5. The monoisotopic (exact) mass is 536 g/mol. The number of para-hydroxylation sites is 2. The number of aliphatic imine (C=N–C) groups is 1. The molecule has 0 spiro atoms. The number of hydrogen-bond acceptors (Lipinski definition) is 4. The number of ether oxygens (including phenoxy) is 2. The molecule has 0 aromatic heterocycles. The first-order valence-corrected chi connectivity index (χ1v) is 10.5. The van der Waals surface area contributed by atoms with Gasteiger partial charge < -0.3 is 25.0 Å². The third-order valence-electron chi connectivity index (χ3n) is 5.32. The summed E-state index contributed by atoms with van der Waals surface area (Å²) in [4.78, 5) is 18.2. The van der Waals surface area contributed by atoms with Crippen molar-refractivity contribution < 1.29 is 14.3 Å². The summed E-state index contributed by atoms with van der Waals surface area (Å²) in [5.74, 6) is 2.47. The van der Waals surface area contributed by atoms with Crippen molar-refractivity contribution in [1.82, 2.24) is 10.6 Å². The number of guanidine groups is 1. The van der Waals surface area contributed by atoms with E-state index >= 15 is 0 Å². The summed E-state index contributed by atoms with van der Waals surface area (Å²) in [6.45, 7) is 2.53. The maximum atomic E-state index is 12.1. The molecule has 2 aromatic rings. The lowest BCUT2D eigenvalue weighted by molar-refractivity contribution is -0.119. The molecule has 1 amide bonds. The van der Waals surface area contributed by atoms with Crippen molar-refractivity contribution in [3.63, 3.8) is 0 Å². The van der Waals surface area contributed by atoms with Gasteiger partial charge in [0.25, 0.3) is 0 Å². The van der Waals surface area contributed by atoms with Gasteiger partial charge >= 0.3 is 0 Å². The highest BCUT2D eigenvalue weighted by molar-refractivity contribution is 14.0. The van der Waals surface area contributed by atoms with Crippen LogP contribution in [0.15, 0.2) is 53.5 Å². The lowest BCUT2D eigenvalue weighted by Gasteiger charge is -2.27. The number of hydrogen-bond donors (Lipinski definition) is 2. The molecular weight excluding hydrogens is 507 g/mol. The Morgan fingerprint density at radius 1 is 1.10 bits per heavy atom. The van der Waals surface area contributed by atoms with Gasteiger partial charge in [0, 0.05) is 32.2 Å². The van der Waals surface area contributed by atoms with Crippen LogP contribution in [-0.2, 0) is 11.3 Å². The lowest BCUT2D eigenvalue weighted by Crippen LogP contribution is -2.45. The van der Waals surface area contributed by atoms with E-state index in [9.17, 15) is 4.79 Å². The Morgan fingerprint density at radius 2 is 1.87 bits per heavy atom. The minimum Gasteiger partial charge on any atom is -0.486 e. The quantitative estimate of drug-likeness (QED) is 0.349. The summed E-state index contributed by atoms with van der Waals surface area (Å²) >= 11 is 0. The van der Waals surface area contributed by atoms with Gasteiger partial charge in [0.05, 0.1) is 6.54 Å². The Bertz CT molecular complexity index is 904. The van der Waals surface area contributed by atoms with Gasteiger partial charge in [-0.1, -0.05) is 24.3 Å². The maximum Gasteiger partial charge on any atom is 0.226 e. The minimum atomic E-state index is -0.0835. The smallest absolute Gasteiger partial charge is 0.226 e. The summed E-state index contributed by atoms with van der Waals surface area (Å²) in [6, 6.07) is 15.8. The molecule has 0 aliphatic carbocycles. The number of carbonyl (C=O) groups excluding carboxylic acids is 1. The van der Waals surface area contributed by atoms with Gasteiger partial charge in [-0.2, -0.15) is 0 Å². The molecule has 0 saturated carbocycles. The fourth-order valence-electron chi connectivity index (χ4n) is 3.65. The normalized spacial score (nSPS) is 18.2. The molecule has 2 aliphatic heterocycles. The summed E-state index contributed by atoms with van der Waals surface area (Å²) in [5.41, 5.74) is 2.10. The van der Waals surface area contributed by atoms with E-state index in [0.29, 0.717) is 32.1 Å². The molecule has 1 fully saturated rings. The Balaban J connectivity index is 0.00000272. The van der Waals surface area contributed by atoms with E-state index in [4.69, 9.17) is 9.47 Å². The number of rotatable bonds is 5. The summed E-state index contributed by atoms with van der Waals surface area (Å²) in [7, 11) is 1.74. The van der Waals surface area contributed by atoms with Gasteiger partial charge in [-0.25, -0.2) is 0 Å². The van der Waals surface area contributed by atoms with Crippen LogP contribution in [-0.4, -0.2) is 44.7 Å². The van der Waals surface area contributed by atoms with Crippen LogP contribution in [0.4, 0.5) is 5.69 Å². The van der Waals surface area contributed by atoms with Crippen molar-refractivity contribution >= 4 is 41.5 Å². The Kier molecular flexibility index (Phi) is 8.39. The SMILES string of the molecule is CN=C(NCc1ccc(N2CCCCC2=O)cc1)NCC1COc2ccccc2O1.I. The zero-order chi connectivity index (χ0) is 20.8. The standard InChI is InChI=1S/C23H28N4O3.HI/c1-24-23(26-15-19-16-29-20-6-2-3-7-21(20)30-19)25-14-17-9-11-18(12-10-17)27-13-5-4-8-22(27)28;/h2-3,6-7,9-12,19H,4-5,8,13-16H2,1H3,(H2,24,25,26);1H. The van der Waals surface area contributed by atoms with Gasteiger partial charge in [0.15, 0.2) is 17.5 Å². The number of piperidine rings is 1. The first kappa shape index (κ1) is 23.2. The van der Waals surface area contributed by atoms with Gasteiger partial charge in [0.1, 0.15) is 12.7 Å². The highest BCUT2D eigenvalue weighted by Gasteiger charge is 2.21. The summed E-state index contributed by atoms with van der Waals surface area (Å²) in [5, 5.41) is 6.60. The first-order chi connectivity index (χ1) is 14.7. The third-order valence-corrected chi connectivity index (χ3v) is 5.32. The molecule has 1 saturated heterocycles. The second-order valence-electron chi connectivity index (χ2n) is 7.47. The number of nitrogens with one attached hydrogen (secondary N) is 2. The zero-order valence-electron chi connectivity index (χ0n) is 17.7. The van der Waals surface area contributed by atoms with Crippen LogP contribution in [0.1, 0.15) is 24.8 Å². The van der Waals surface area contributed by atoms with E-state index < -0.39 is 0 Å². The molecule has 166 valence electrons. The largest absolute Gasteiger partial charge is 0.486 e. The highest BCUT2D eigenvalue weighted by Crippen LogP contribution is 2.30.